The number of alkyl halides is 3. The molecule has 2 aromatic rings. The van der Waals surface area contributed by atoms with Gasteiger partial charge in [-0.25, -0.2) is 0 Å². The predicted molar refractivity (Wildman–Crippen MR) is 147 cm³/mol. The summed E-state index contributed by atoms with van der Waals surface area (Å²) in [5.41, 5.74) is 0.618. The highest BCUT2D eigenvalue weighted by molar-refractivity contribution is 7.86. The lowest BCUT2D eigenvalue weighted by molar-refractivity contribution is -0.142. The molecule has 0 aliphatic carbocycles. The zero-order valence-corrected chi connectivity index (χ0v) is 23.9. The molecule has 0 radical (unpaired) electrons. The molecule has 1 N–H and O–H groups in total. The van der Waals surface area contributed by atoms with Gasteiger partial charge in [-0.05, 0) is 67.5 Å². The lowest BCUT2D eigenvalue weighted by Gasteiger charge is -2.44. The number of carbonyl (C=O) groups is 2. The summed E-state index contributed by atoms with van der Waals surface area (Å²) in [4.78, 5) is 28.1. The van der Waals surface area contributed by atoms with Crippen molar-refractivity contribution in [3.05, 3.63) is 70.2 Å². The van der Waals surface area contributed by atoms with E-state index in [9.17, 15) is 31.2 Å². The third-order valence-corrected chi connectivity index (χ3v) is 10.4. The monoisotopic (exact) mass is 612 g/mol. The molecule has 3 aliphatic heterocycles. The van der Waals surface area contributed by atoms with E-state index in [1.165, 1.54) is 25.6 Å². The standard InChI is InChI=1S/C28H32ClF3N4O4S/c29-23-11-7-20(8-12-23)24-13-16-36(24)41(39,40)34-14-1-3-21(18-34)27(38)35-15-2-4-25(35)26(37)33-17-19-5-9-22(10-6-19)28(30,31)32/h5-12,21,24-25H,1-4,13-18H2,(H,33,37)/t21-,24+,25+/m0/s1. The molecule has 0 bridgehead atoms. The Morgan fingerprint density at radius 1 is 0.927 bits per heavy atom. The van der Waals surface area contributed by atoms with Crippen LogP contribution in [0.5, 0.6) is 0 Å². The topological polar surface area (TPSA) is 90.0 Å². The van der Waals surface area contributed by atoms with Gasteiger partial charge in [0.1, 0.15) is 6.04 Å². The van der Waals surface area contributed by atoms with Gasteiger partial charge in [0.25, 0.3) is 10.2 Å². The second kappa shape index (κ2) is 11.9. The molecule has 2 amide bonds. The zero-order valence-electron chi connectivity index (χ0n) is 22.3. The van der Waals surface area contributed by atoms with Crippen molar-refractivity contribution in [2.45, 2.75) is 56.9 Å². The molecule has 3 saturated heterocycles. The van der Waals surface area contributed by atoms with Crippen molar-refractivity contribution in [3.8, 4) is 0 Å². The number of halogens is 4. The number of hydrogen-bond donors (Lipinski definition) is 1. The molecular weight excluding hydrogens is 581 g/mol. The Hall–Kier alpha value is -2.67. The molecule has 222 valence electrons. The maximum atomic E-state index is 13.6. The number of carbonyl (C=O) groups excluding carboxylic acids is 2. The van der Waals surface area contributed by atoms with Gasteiger partial charge in [-0.2, -0.15) is 30.2 Å². The molecule has 0 unspecified atom stereocenters. The van der Waals surface area contributed by atoms with Crippen LogP contribution in [0.4, 0.5) is 13.2 Å². The Balaban J connectivity index is 1.19. The van der Waals surface area contributed by atoms with E-state index in [2.05, 4.69) is 5.32 Å². The summed E-state index contributed by atoms with van der Waals surface area (Å²) in [7, 11) is -3.79. The highest BCUT2D eigenvalue weighted by Gasteiger charge is 2.45. The van der Waals surface area contributed by atoms with Crippen LogP contribution in [-0.4, -0.2) is 66.0 Å². The fourth-order valence-corrected chi connectivity index (χ4v) is 7.85. The largest absolute Gasteiger partial charge is 0.416 e. The third kappa shape index (κ3) is 6.40. The molecule has 0 spiro atoms. The fourth-order valence-electron chi connectivity index (χ4n) is 5.82. The van der Waals surface area contributed by atoms with Crippen LogP contribution in [0, 0.1) is 5.92 Å². The average molecular weight is 613 g/mol. The van der Waals surface area contributed by atoms with E-state index in [1.54, 1.807) is 12.1 Å². The van der Waals surface area contributed by atoms with E-state index >= 15 is 0 Å². The van der Waals surface area contributed by atoms with Gasteiger partial charge in [0.05, 0.1) is 17.5 Å². The molecule has 8 nitrogen and oxygen atoms in total. The van der Waals surface area contributed by atoms with Gasteiger partial charge in [-0.15, -0.1) is 0 Å². The summed E-state index contributed by atoms with van der Waals surface area (Å²) in [6, 6.07) is 10.7. The maximum Gasteiger partial charge on any atom is 0.416 e. The minimum absolute atomic E-state index is 0.0373. The molecule has 41 heavy (non-hydrogen) atoms. The third-order valence-electron chi connectivity index (χ3n) is 8.17. The van der Waals surface area contributed by atoms with Gasteiger partial charge >= 0.3 is 6.18 Å². The van der Waals surface area contributed by atoms with E-state index in [4.69, 9.17) is 11.6 Å². The highest BCUT2D eigenvalue weighted by atomic mass is 35.5. The van der Waals surface area contributed by atoms with Crippen LogP contribution in [-0.2, 0) is 32.5 Å². The quantitative estimate of drug-likeness (QED) is 0.503. The summed E-state index contributed by atoms with van der Waals surface area (Å²) >= 11 is 5.98. The van der Waals surface area contributed by atoms with E-state index in [0.29, 0.717) is 62.3 Å². The Bertz CT molecular complexity index is 1370. The van der Waals surface area contributed by atoms with Crippen LogP contribution in [0.1, 0.15) is 54.8 Å². The van der Waals surface area contributed by atoms with Crippen molar-refractivity contribution in [1.82, 2.24) is 18.8 Å². The van der Waals surface area contributed by atoms with Crippen LogP contribution in [0.3, 0.4) is 0 Å². The fraction of sp³-hybridized carbons (Fsp3) is 0.500. The van der Waals surface area contributed by atoms with Crippen LogP contribution >= 0.6 is 11.6 Å². The number of rotatable bonds is 7. The Morgan fingerprint density at radius 3 is 2.24 bits per heavy atom. The van der Waals surface area contributed by atoms with Crippen LogP contribution < -0.4 is 5.32 Å². The summed E-state index contributed by atoms with van der Waals surface area (Å²) in [6.07, 6.45) is -1.57. The Labute approximate surface area is 242 Å². The molecule has 13 heteroatoms. The van der Waals surface area contributed by atoms with Crippen LogP contribution in [0.15, 0.2) is 48.5 Å². The molecule has 3 heterocycles. The number of hydrogen-bond acceptors (Lipinski definition) is 4. The minimum Gasteiger partial charge on any atom is -0.350 e. The summed E-state index contributed by atoms with van der Waals surface area (Å²) in [6.45, 7) is 1.22. The van der Waals surface area contributed by atoms with E-state index < -0.39 is 33.9 Å². The zero-order chi connectivity index (χ0) is 29.4. The first-order chi connectivity index (χ1) is 19.4. The SMILES string of the molecule is O=C(NCc1ccc(C(F)(F)F)cc1)[C@H]1CCCN1C(=O)[C@H]1CCCN(S(=O)(=O)N2CC[C@@H]2c2ccc(Cl)cc2)C1. The molecular formula is C28H32ClF3N4O4S. The van der Waals surface area contributed by atoms with E-state index in [0.717, 1.165) is 17.7 Å². The number of amides is 2. The lowest BCUT2D eigenvalue weighted by Crippen LogP contribution is -2.56. The number of piperidine rings is 1. The first-order valence-corrected chi connectivity index (χ1v) is 15.5. The van der Waals surface area contributed by atoms with Gasteiger partial charge < -0.3 is 10.2 Å². The van der Waals surface area contributed by atoms with Crippen LogP contribution in [0.25, 0.3) is 0 Å². The summed E-state index contributed by atoms with van der Waals surface area (Å²) < 4.78 is 68.4. The van der Waals surface area contributed by atoms with Crippen molar-refractivity contribution < 1.29 is 31.2 Å². The van der Waals surface area contributed by atoms with Crippen molar-refractivity contribution >= 4 is 33.6 Å². The first-order valence-electron chi connectivity index (χ1n) is 13.7. The van der Waals surface area contributed by atoms with Crippen molar-refractivity contribution in [3.63, 3.8) is 0 Å². The number of nitrogens with one attached hydrogen (secondary N) is 1. The summed E-state index contributed by atoms with van der Waals surface area (Å²) in [5.74, 6) is -1.17. The van der Waals surface area contributed by atoms with Crippen molar-refractivity contribution in [1.29, 1.82) is 0 Å². The van der Waals surface area contributed by atoms with Gasteiger partial charge in [0.15, 0.2) is 0 Å². The van der Waals surface area contributed by atoms with Crippen LogP contribution in [0.2, 0.25) is 5.02 Å². The van der Waals surface area contributed by atoms with Crippen molar-refractivity contribution in [2.24, 2.45) is 5.92 Å². The Morgan fingerprint density at radius 2 is 1.61 bits per heavy atom. The predicted octanol–water partition coefficient (Wildman–Crippen LogP) is 4.37. The molecule has 3 fully saturated rings. The molecule has 0 saturated carbocycles. The van der Waals surface area contributed by atoms with E-state index in [1.807, 2.05) is 12.1 Å². The molecule has 0 aromatic heterocycles. The van der Waals surface area contributed by atoms with Gasteiger partial charge in [-0.3, -0.25) is 9.59 Å². The Kier molecular flexibility index (Phi) is 8.66. The lowest BCUT2D eigenvalue weighted by atomic mass is 9.97. The second-order valence-electron chi connectivity index (χ2n) is 10.8. The number of nitrogens with zero attached hydrogens (tertiary/aromatic N) is 3. The van der Waals surface area contributed by atoms with E-state index in [-0.39, 0.29) is 30.9 Å². The van der Waals surface area contributed by atoms with Gasteiger partial charge in [0, 0.05) is 37.7 Å². The average Bonchev–Trinajstić information content (AvgIpc) is 3.42. The molecule has 5 rings (SSSR count). The maximum absolute atomic E-state index is 13.6. The highest BCUT2D eigenvalue weighted by Crippen LogP contribution is 2.38. The molecule has 2 aromatic carbocycles. The van der Waals surface area contributed by atoms with Gasteiger partial charge in [-0.1, -0.05) is 35.9 Å². The second-order valence-corrected chi connectivity index (χ2v) is 13.1. The smallest absolute Gasteiger partial charge is 0.350 e. The molecule has 3 atom stereocenters. The van der Waals surface area contributed by atoms with Gasteiger partial charge in [0.2, 0.25) is 11.8 Å². The minimum atomic E-state index is -4.44. The summed E-state index contributed by atoms with van der Waals surface area (Å²) in [5, 5.41) is 3.32. The van der Waals surface area contributed by atoms with Crippen molar-refractivity contribution in [2.75, 3.05) is 26.2 Å². The number of likely N-dealkylation sites (tertiary alicyclic amines) is 1. The normalized spacial score (nSPS) is 24.2. The first kappa shape index (κ1) is 29.8. The number of benzene rings is 2. The molecule has 3 aliphatic rings.